The van der Waals surface area contributed by atoms with E-state index < -0.39 is 0 Å². The van der Waals surface area contributed by atoms with Crippen molar-refractivity contribution in [2.45, 2.75) is 0 Å². The molecule has 0 unspecified atom stereocenters. The van der Waals surface area contributed by atoms with Crippen LogP contribution in [0.25, 0.3) is 98.3 Å². The number of rotatable bonds is 5. The summed E-state index contributed by atoms with van der Waals surface area (Å²) in [4.78, 5) is 20.2. The number of nitrogens with zero attached hydrogens (tertiary/aromatic N) is 4. The lowest BCUT2D eigenvalue weighted by Crippen LogP contribution is -2.00. The fourth-order valence-electron chi connectivity index (χ4n) is 6.98. The van der Waals surface area contributed by atoms with Crippen LogP contribution in [0.1, 0.15) is 0 Å². The van der Waals surface area contributed by atoms with E-state index in [1.54, 1.807) is 11.3 Å². The molecule has 0 N–H and O–H groups in total. The van der Waals surface area contributed by atoms with Crippen LogP contribution in [0.15, 0.2) is 170 Å². The number of thiophene rings is 1. The van der Waals surface area contributed by atoms with Crippen LogP contribution in [-0.4, -0.2) is 19.9 Å². The molecular weight excluding hydrogens is 641 g/mol. The van der Waals surface area contributed by atoms with Crippen molar-refractivity contribution in [3.05, 3.63) is 170 Å². The van der Waals surface area contributed by atoms with Gasteiger partial charge in [-0.1, -0.05) is 133 Å². The third-order valence-electron chi connectivity index (χ3n) is 9.56. The zero-order chi connectivity index (χ0) is 33.7. The predicted molar refractivity (Wildman–Crippen MR) is 213 cm³/mol. The fraction of sp³-hybridized carbons (Fsp3) is 0. The molecule has 0 amide bonds. The lowest BCUT2D eigenvalue weighted by molar-refractivity contribution is 1.08. The maximum atomic E-state index is 5.22. The topological polar surface area (TPSA) is 51.6 Å². The van der Waals surface area contributed by atoms with Crippen molar-refractivity contribution in [1.82, 2.24) is 19.9 Å². The van der Waals surface area contributed by atoms with Gasteiger partial charge < -0.3 is 0 Å². The minimum Gasteiger partial charge on any atom is -0.256 e. The molecular formula is C46H28N4S. The summed E-state index contributed by atoms with van der Waals surface area (Å²) in [7, 11) is 0. The lowest BCUT2D eigenvalue weighted by atomic mass is 9.96. The summed E-state index contributed by atoms with van der Waals surface area (Å²) >= 11 is 1.78. The first-order valence-corrected chi connectivity index (χ1v) is 17.8. The van der Waals surface area contributed by atoms with Gasteiger partial charge in [-0.2, -0.15) is 0 Å². The van der Waals surface area contributed by atoms with Crippen LogP contribution in [0.3, 0.4) is 0 Å². The van der Waals surface area contributed by atoms with E-state index in [2.05, 4.69) is 140 Å². The second kappa shape index (κ2) is 12.1. The standard InChI is InChI=1S/C46H28N4S/c1-3-11-29(12-4-1)30-19-21-32(22-20-30)45-48-44(31-13-5-2-6-14-31)49-46(50-45)40-27-35(26-39-37-17-9-10-18-42(37)51-43(39)40)33-23-24-41-38(25-33)36-16-8-7-15-34(36)28-47-41/h1-28H. The molecule has 51 heavy (non-hydrogen) atoms. The van der Waals surface area contributed by atoms with E-state index in [1.807, 2.05) is 30.5 Å². The lowest BCUT2D eigenvalue weighted by Gasteiger charge is -2.12. The first-order chi connectivity index (χ1) is 25.2. The van der Waals surface area contributed by atoms with Gasteiger partial charge in [-0.25, -0.2) is 15.0 Å². The van der Waals surface area contributed by atoms with E-state index in [9.17, 15) is 0 Å². The highest BCUT2D eigenvalue weighted by Gasteiger charge is 2.19. The number of fused-ring (bicyclic) bond motifs is 6. The van der Waals surface area contributed by atoms with E-state index in [-0.39, 0.29) is 0 Å². The molecule has 5 heteroatoms. The van der Waals surface area contributed by atoms with Crippen LogP contribution in [0.4, 0.5) is 0 Å². The Balaban J connectivity index is 1.20. The van der Waals surface area contributed by atoms with Crippen LogP contribution in [0.5, 0.6) is 0 Å². The molecule has 7 aromatic carbocycles. The molecule has 238 valence electrons. The Kier molecular flexibility index (Phi) is 6.96. The zero-order valence-corrected chi connectivity index (χ0v) is 28.2. The summed E-state index contributed by atoms with van der Waals surface area (Å²) in [5, 5.41) is 5.87. The van der Waals surface area contributed by atoms with Crippen molar-refractivity contribution in [3.63, 3.8) is 0 Å². The largest absolute Gasteiger partial charge is 0.256 e. The molecule has 4 nitrogen and oxygen atoms in total. The van der Waals surface area contributed by atoms with Gasteiger partial charge in [0, 0.05) is 53.8 Å². The van der Waals surface area contributed by atoms with Gasteiger partial charge in [0.05, 0.1) is 5.52 Å². The Morgan fingerprint density at radius 1 is 0.373 bits per heavy atom. The van der Waals surface area contributed by atoms with Crippen molar-refractivity contribution in [3.8, 4) is 56.4 Å². The molecule has 0 saturated carbocycles. The second-order valence-corrected chi connectivity index (χ2v) is 13.7. The first kappa shape index (κ1) is 29.4. The van der Waals surface area contributed by atoms with Crippen LogP contribution < -0.4 is 0 Å². The maximum Gasteiger partial charge on any atom is 0.165 e. The van der Waals surface area contributed by atoms with Gasteiger partial charge in [-0.3, -0.25) is 4.98 Å². The average molecular weight is 669 g/mol. The third-order valence-corrected chi connectivity index (χ3v) is 10.8. The molecule has 0 saturated heterocycles. The molecule has 0 bridgehead atoms. The molecule has 10 rings (SSSR count). The molecule has 0 fully saturated rings. The van der Waals surface area contributed by atoms with Gasteiger partial charge in [0.2, 0.25) is 0 Å². The van der Waals surface area contributed by atoms with E-state index in [4.69, 9.17) is 19.9 Å². The second-order valence-electron chi connectivity index (χ2n) is 12.7. The van der Waals surface area contributed by atoms with E-state index in [0.29, 0.717) is 17.5 Å². The Bertz CT molecular complexity index is 2900. The molecule has 0 spiro atoms. The van der Waals surface area contributed by atoms with Gasteiger partial charge >= 0.3 is 0 Å². The number of pyridine rings is 1. The minimum absolute atomic E-state index is 0.640. The smallest absolute Gasteiger partial charge is 0.165 e. The number of aromatic nitrogens is 4. The molecule has 0 aliphatic heterocycles. The predicted octanol–water partition coefficient (Wildman–Crippen LogP) is 12.3. The maximum absolute atomic E-state index is 5.22. The molecule has 0 atom stereocenters. The van der Waals surface area contributed by atoms with Crippen molar-refractivity contribution in [2.24, 2.45) is 0 Å². The van der Waals surface area contributed by atoms with Crippen molar-refractivity contribution in [1.29, 1.82) is 0 Å². The molecule has 3 aromatic heterocycles. The van der Waals surface area contributed by atoms with Gasteiger partial charge in [-0.15, -0.1) is 11.3 Å². The van der Waals surface area contributed by atoms with Crippen molar-refractivity contribution < 1.29 is 0 Å². The number of hydrogen-bond acceptors (Lipinski definition) is 5. The zero-order valence-electron chi connectivity index (χ0n) is 27.4. The molecule has 3 heterocycles. The monoisotopic (exact) mass is 668 g/mol. The summed E-state index contributed by atoms with van der Waals surface area (Å²) in [6.07, 6.45) is 1.96. The third kappa shape index (κ3) is 5.23. The fourth-order valence-corrected chi connectivity index (χ4v) is 8.18. The minimum atomic E-state index is 0.640. The molecule has 10 aromatic rings. The number of benzene rings is 7. The van der Waals surface area contributed by atoms with E-state index >= 15 is 0 Å². The molecule has 0 aliphatic carbocycles. The Morgan fingerprint density at radius 3 is 1.73 bits per heavy atom. The summed E-state index contributed by atoms with van der Waals surface area (Å²) in [6, 6.07) is 57.3. The molecule has 0 aliphatic rings. The van der Waals surface area contributed by atoms with Crippen LogP contribution in [0, 0.1) is 0 Å². The van der Waals surface area contributed by atoms with Crippen molar-refractivity contribution in [2.75, 3.05) is 0 Å². The highest BCUT2D eigenvalue weighted by atomic mass is 32.1. The normalized spacial score (nSPS) is 11.5. The number of hydrogen-bond donors (Lipinski definition) is 0. The first-order valence-electron chi connectivity index (χ1n) is 17.0. The Morgan fingerprint density at radius 2 is 0.941 bits per heavy atom. The van der Waals surface area contributed by atoms with E-state index in [1.165, 1.54) is 26.4 Å². The van der Waals surface area contributed by atoms with E-state index in [0.717, 1.165) is 54.4 Å². The SMILES string of the molecule is c1ccc(-c2ccc(-c3nc(-c4ccccc4)nc(-c4cc(-c5ccc6ncc7ccccc7c6c5)cc5c4sc4ccccc45)n3)cc2)cc1. The van der Waals surface area contributed by atoms with Crippen molar-refractivity contribution >= 4 is 53.2 Å². The Labute approximate surface area is 298 Å². The van der Waals surface area contributed by atoms with Crippen LogP contribution in [-0.2, 0) is 0 Å². The van der Waals surface area contributed by atoms with Crippen LogP contribution >= 0.6 is 11.3 Å². The summed E-state index contributed by atoms with van der Waals surface area (Å²) in [5.74, 6) is 1.93. The van der Waals surface area contributed by atoms with Gasteiger partial charge in [0.15, 0.2) is 17.5 Å². The summed E-state index contributed by atoms with van der Waals surface area (Å²) in [6.45, 7) is 0. The van der Waals surface area contributed by atoms with Crippen LogP contribution in [0.2, 0.25) is 0 Å². The summed E-state index contributed by atoms with van der Waals surface area (Å²) in [5.41, 5.74) is 8.39. The van der Waals surface area contributed by atoms with Gasteiger partial charge in [-0.05, 0) is 58.0 Å². The summed E-state index contributed by atoms with van der Waals surface area (Å²) < 4.78 is 2.39. The Hall–Kier alpha value is -6.56. The average Bonchev–Trinajstić information content (AvgIpc) is 3.59. The van der Waals surface area contributed by atoms with Gasteiger partial charge in [0.25, 0.3) is 0 Å². The van der Waals surface area contributed by atoms with Gasteiger partial charge in [0.1, 0.15) is 0 Å². The highest BCUT2D eigenvalue weighted by Crippen LogP contribution is 2.43. The highest BCUT2D eigenvalue weighted by molar-refractivity contribution is 7.26. The molecule has 0 radical (unpaired) electrons. The quantitative estimate of drug-likeness (QED) is 0.171.